The van der Waals surface area contributed by atoms with Gasteiger partial charge >= 0.3 is 39.5 Å². The second-order valence-corrected chi connectivity index (χ2v) is 28.4. The highest BCUT2D eigenvalue weighted by atomic mass is 31.2. The number of unbranched alkanes of at least 4 members (excludes halogenated alkanes) is 26. The number of phosphoric acid groups is 2. The quantitative estimate of drug-likeness (QED) is 0.0169. The SMILES string of the molecule is CC/C=C\C/C=C\C/C=C\C/C=C\C/C=C\CCCC(=O)OCC(COP(=O)(O)OCC(O)COP(=O)(O)OCC(COC(=O)CCCCCCC/C=C\CCCCCCCC)OC(=O)CCCCCCCCCCCCCCC)OC(=O)CCCC/C=C\C/C=C\C/C=C\C/C=C\CC. The number of phosphoric ester groups is 2. The number of aliphatic hydroxyl groups excluding tert-OH is 1. The molecule has 0 saturated carbocycles. The van der Waals surface area contributed by atoms with Gasteiger partial charge < -0.3 is 33.8 Å². The molecule has 19 heteroatoms. The molecular weight excluding hydrogens is 1310 g/mol. The van der Waals surface area contributed by atoms with Crippen molar-refractivity contribution in [3.8, 4) is 0 Å². The van der Waals surface area contributed by atoms with E-state index in [2.05, 4.69) is 137 Å². The smallest absolute Gasteiger partial charge is 0.462 e. The predicted molar refractivity (Wildman–Crippen MR) is 408 cm³/mol. The molecule has 100 heavy (non-hydrogen) atoms. The van der Waals surface area contributed by atoms with Crippen LogP contribution in [0.4, 0.5) is 0 Å². The second kappa shape index (κ2) is 72.8. The van der Waals surface area contributed by atoms with Crippen molar-refractivity contribution in [1.29, 1.82) is 0 Å². The Hall–Kier alpha value is -4.54. The van der Waals surface area contributed by atoms with E-state index in [1.165, 1.54) is 89.9 Å². The van der Waals surface area contributed by atoms with Crippen LogP contribution in [0.1, 0.15) is 310 Å². The fourth-order valence-electron chi connectivity index (χ4n) is 10.1. The minimum Gasteiger partial charge on any atom is -0.462 e. The molecule has 0 aliphatic rings. The van der Waals surface area contributed by atoms with Crippen molar-refractivity contribution in [3.63, 3.8) is 0 Å². The second-order valence-electron chi connectivity index (χ2n) is 25.5. The Morgan fingerprint density at radius 2 is 0.530 bits per heavy atom. The molecule has 574 valence electrons. The lowest BCUT2D eigenvalue weighted by Crippen LogP contribution is -2.30. The average molecular weight is 1450 g/mol. The van der Waals surface area contributed by atoms with E-state index in [0.29, 0.717) is 38.5 Å². The molecular formula is C81H138O17P2. The number of hydrogen-bond acceptors (Lipinski definition) is 15. The first-order chi connectivity index (χ1) is 48.7. The first-order valence-corrected chi connectivity index (χ1v) is 41.8. The van der Waals surface area contributed by atoms with Crippen LogP contribution >= 0.6 is 15.6 Å². The summed E-state index contributed by atoms with van der Waals surface area (Å²) in [5, 5.41) is 10.6. The summed E-state index contributed by atoms with van der Waals surface area (Å²) in [4.78, 5) is 72.9. The van der Waals surface area contributed by atoms with Gasteiger partial charge in [0.1, 0.15) is 19.3 Å². The van der Waals surface area contributed by atoms with Gasteiger partial charge in [-0.15, -0.1) is 0 Å². The van der Waals surface area contributed by atoms with Gasteiger partial charge in [-0.2, -0.15) is 0 Å². The van der Waals surface area contributed by atoms with Gasteiger partial charge in [-0.1, -0.05) is 278 Å². The van der Waals surface area contributed by atoms with Crippen molar-refractivity contribution < 1.29 is 80.2 Å². The number of ether oxygens (including phenoxy) is 4. The summed E-state index contributed by atoms with van der Waals surface area (Å²) in [5.74, 6) is -2.29. The van der Waals surface area contributed by atoms with E-state index in [-0.39, 0.29) is 25.7 Å². The molecule has 5 unspecified atom stereocenters. The van der Waals surface area contributed by atoms with Crippen LogP contribution in [0.3, 0.4) is 0 Å². The van der Waals surface area contributed by atoms with Crippen molar-refractivity contribution in [1.82, 2.24) is 0 Å². The normalized spacial score (nSPS) is 14.6. The summed E-state index contributed by atoms with van der Waals surface area (Å²) in [6, 6.07) is 0. The number of aliphatic hydroxyl groups is 1. The van der Waals surface area contributed by atoms with Crippen LogP contribution in [0.5, 0.6) is 0 Å². The summed E-state index contributed by atoms with van der Waals surface area (Å²) < 4.78 is 68.4. The number of allylic oxidation sites excluding steroid dienone is 20. The van der Waals surface area contributed by atoms with E-state index in [0.717, 1.165) is 128 Å². The Balaban J connectivity index is 5.43. The molecule has 0 heterocycles. The molecule has 0 aliphatic carbocycles. The first-order valence-electron chi connectivity index (χ1n) is 38.8. The zero-order valence-corrected chi connectivity index (χ0v) is 64.4. The molecule has 0 rings (SSSR count). The predicted octanol–water partition coefficient (Wildman–Crippen LogP) is 22.3. The summed E-state index contributed by atoms with van der Waals surface area (Å²) in [6.45, 7) is 4.53. The first kappa shape index (κ1) is 95.5. The third-order valence-corrected chi connectivity index (χ3v) is 17.8. The molecule has 0 spiro atoms. The van der Waals surface area contributed by atoms with E-state index in [4.69, 9.17) is 37.0 Å². The van der Waals surface area contributed by atoms with E-state index >= 15 is 0 Å². The maximum atomic E-state index is 13.1. The lowest BCUT2D eigenvalue weighted by atomic mass is 10.0. The Kier molecular flexibility index (Phi) is 69.5. The number of hydrogen-bond donors (Lipinski definition) is 3. The highest BCUT2D eigenvalue weighted by Crippen LogP contribution is 2.45. The third-order valence-electron chi connectivity index (χ3n) is 15.9. The number of carbonyl (C=O) groups is 4. The van der Waals surface area contributed by atoms with Crippen molar-refractivity contribution in [2.75, 3.05) is 39.6 Å². The molecule has 5 atom stereocenters. The van der Waals surface area contributed by atoms with E-state index in [9.17, 15) is 43.2 Å². The van der Waals surface area contributed by atoms with Crippen molar-refractivity contribution >= 4 is 39.5 Å². The van der Waals surface area contributed by atoms with Gasteiger partial charge in [0.15, 0.2) is 12.2 Å². The van der Waals surface area contributed by atoms with Crippen LogP contribution in [0.25, 0.3) is 0 Å². The lowest BCUT2D eigenvalue weighted by molar-refractivity contribution is -0.161. The van der Waals surface area contributed by atoms with Crippen molar-refractivity contribution in [2.24, 2.45) is 0 Å². The van der Waals surface area contributed by atoms with E-state index < -0.39 is 97.5 Å². The van der Waals surface area contributed by atoms with Crippen LogP contribution in [-0.4, -0.2) is 96.7 Å². The molecule has 0 aromatic rings. The summed E-state index contributed by atoms with van der Waals surface area (Å²) >= 11 is 0. The van der Waals surface area contributed by atoms with E-state index in [1.54, 1.807) is 0 Å². The lowest BCUT2D eigenvalue weighted by Gasteiger charge is -2.21. The van der Waals surface area contributed by atoms with Crippen molar-refractivity contribution in [2.45, 2.75) is 329 Å². The topological polar surface area (TPSA) is 237 Å². The van der Waals surface area contributed by atoms with E-state index in [1.807, 2.05) is 12.2 Å². The van der Waals surface area contributed by atoms with Crippen LogP contribution in [0, 0.1) is 0 Å². The maximum Gasteiger partial charge on any atom is 0.472 e. The molecule has 0 fully saturated rings. The summed E-state index contributed by atoms with van der Waals surface area (Å²) in [6.07, 6.45) is 79.1. The average Bonchev–Trinajstić information content (AvgIpc) is 1.06. The van der Waals surface area contributed by atoms with Crippen LogP contribution in [0.2, 0.25) is 0 Å². The zero-order chi connectivity index (χ0) is 73.2. The molecule has 0 aliphatic heterocycles. The number of carbonyl (C=O) groups excluding carboxylic acids is 4. The van der Waals surface area contributed by atoms with Gasteiger partial charge in [0, 0.05) is 25.7 Å². The maximum absolute atomic E-state index is 13.1. The van der Waals surface area contributed by atoms with Crippen LogP contribution < -0.4 is 0 Å². The molecule has 0 saturated heterocycles. The fraction of sp³-hybridized carbons (Fsp3) is 0.704. The molecule has 3 N–H and O–H groups in total. The third kappa shape index (κ3) is 71.8. The Labute approximate surface area is 606 Å². The Morgan fingerprint density at radius 1 is 0.290 bits per heavy atom. The number of esters is 4. The van der Waals surface area contributed by atoms with Gasteiger partial charge in [-0.3, -0.25) is 37.3 Å². The molecule has 0 aromatic heterocycles. The largest absolute Gasteiger partial charge is 0.472 e. The highest BCUT2D eigenvalue weighted by molar-refractivity contribution is 7.47. The van der Waals surface area contributed by atoms with Crippen molar-refractivity contribution in [3.05, 3.63) is 122 Å². The molecule has 0 radical (unpaired) electrons. The summed E-state index contributed by atoms with van der Waals surface area (Å²) in [7, 11) is -9.98. The summed E-state index contributed by atoms with van der Waals surface area (Å²) in [5.41, 5.74) is 0. The zero-order valence-electron chi connectivity index (χ0n) is 62.6. The standard InChI is InChI=1S/C81H138O17P2/c1-5-9-13-17-21-25-29-33-36-37-40-43-46-50-54-58-62-66-79(84)92-72-77(98-81(86)68-64-60-56-52-48-44-39-35-31-27-23-19-15-11-7-3)74-96-100(89,90)94-70-75(82)69-93-99(87,88)95-73-76(97-80(85)67-63-59-55-51-47-41-32-28-24-20-16-12-8-4)71-91-78(83)65-61-57-53-49-45-42-38-34-30-26-22-18-14-10-6-2/h9,11,13,15,21,23,25,27,33-36,38-40,43,48,50,52,54,75-77,82H,5-8,10,12,14,16-20,22,24,26,28-32,37,41-42,44-47,49,51,53,55-74H2,1-4H3,(H,87,88)(H,89,90)/b13-9-,15-11-,25-21-,27-23-,36-33-,38-34-,39-35-,43-40-,52-48-,54-50-. The molecule has 0 aromatic carbocycles. The Morgan fingerprint density at radius 3 is 0.870 bits per heavy atom. The Bertz CT molecular complexity index is 2370. The molecule has 0 bridgehead atoms. The van der Waals surface area contributed by atoms with Crippen LogP contribution in [-0.2, 0) is 65.4 Å². The fourth-order valence-corrected chi connectivity index (χ4v) is 11.6. The monoisotopic (exact) mass is 1440 g/mol. The molecule has 0 amide bonds. The van der Waals surface area contributed by atoms with Gasteiger partial charge in [0.25, 0.3) is 0 Å². The van der Waals surface area contributed by atoms with Gasteiger partial charge in [-0.05, 0) is 128 Å². The minimum atomic E-state index is -5.00. The van der Waals surface area contributed by atoms with Gasteiger partial charge in [0.2, 0.25) is 0 Å². The van der Waals surface area contributed by atoms with Crippen LogP contribution in [0.15, 0.2) is 122 Å². The minimum absolute atomic E-state index is 0.0280. The van der Waals surface area contributed by atoms with Gasteiger partial charge in [0.05, 0.1) is 26.4 Å². The molecule has 17 nitrogen and oxygen atoms in total. The number of rotatable bonds is 72. The highest BCUT2D eigenvalue weighted by Gasteiger charge is 2.30. The van der Waals surface area contributed by atoms with Gasteiger partial charge in [-0.25, -0.2) is 9.13 Å².